The minimum atomic E-state index is -3.70. The SMILES string of the molecule is O=C(O)/C(=C/c1c[nH]c2nccc(NS(=O)(=O)Cc3ccccc3)c12)c1ccccc1. The third kappa shape index (κ3) is 4.65. The smallest absolute Gasteiger partial charge is 0.336 e. The molecule has 0 unspecified atom stereocenters. The van der Waals surface area contributed by atoms with Gasteiger partial charge in [-0.3, -0.25) is 4.72 Å². The highest BCUT2D eigenvalue weighted by Gasteiger charge is 2.17. The van der Waals surface area contributed by atoms with Gasteiger partial charge in [-0.05, 0) is 23.3 Å². The van der Waals surface area contributed by atoms with Crippen LogP contribution in [-0.2, 0) is 20.6 Å². The molecule has 0 saturated heterocycles. The number of anilines is 1. The Morgan fingerprint density at radius 2 is 1.71 bits per heavy atom. The first kappa shape index (κ1) is 20.4. The largest absolute Gasteiger partial charge is 0.478 e. The molecule has 4 aromatic rings. The summed E-state index contributed by atoms with van der Waals surface area (Å²) in [5.41, 5.74) is 2.58. The summed E-state index contributed by atoms with van der Waals surface area (Å²) < 4.78 is 28.1. The number of benzene rings is 2. The molecule has 0 bridgehead atoms. The number of sulfonamides is 1. The molecule has 8 heteroatoms. The molecule has 0 aliphatic carbocycles. The van der Waals surface area contributed by atoms with Gasteiger partial charge in [0, 0.05) is 18.0 Å². The lowest BCUT2D eigenvalue weighted by molar-refractivity contribution is -0.130. The van der Waals surface area contributed by atoms with Crippen molar-refractivity contribution in [2.24, 2.45) is 0 Å². The monoisotopic (exact) mass is 433 g/mol. The average Bonchev–Trinajstić information content (AvgIpc) is 3.16. The molecular weight excluding hydrogens is 414 g/mol. The molecule has 0 radical (unpaired) electrons. The summed E-state index contributed by atoms with van der Waals surface area (Å²) in [6.07, 6.45) is 4.60. The highest BCUT2D eigenvalue weighted by atomic mass is 32.2. The lowest BCUT2D eigenvalue weighted by Gasteiger charge is -2.10. The number of rotatable bonds is 7. The van der Waals surface area contributed by atoms with Crippen LogP contribution in [0.3, 0.4) is 0 Å². The summed E-state index contributed by atoms with van der Waals surface area (Å²) in [5, 5.41) is 10.2. The van der Waals surface area contributed by atoms with Gasteiger partial charge in [0.25, 0.3) is 0 Å². The first-order valence-electron chi connectivity index (χ1n) is 9.44. The first-order chi connectivity index (χ1) is 14.9. The summed E-state index contributed by atoms with van der Waals surface area (Å²) >= 11 is 0. The number of carboxylic acids is 1. The number of pyridine rings is 1. The van der Waals surface area contributed by atoms with E-state index >= 15 is 0 Å². The zero-order chi connectivity index (χ0) is 21.8. The molecule has 2 heterocycles. The fourth-order valence-electron chi connectivity index (χ4n) is 3.32. The molecule has 0 fully saturated rings. The minimum Gasteiger partial charge on any atom is -0.478 e. The highest BCUT2D eigenvalue weighted by Crippen LogP contribution is 2.30. The Balaban J connectivity index is 1.75. The normalized spacial score (nSPS) is 12.1. The van der Waals surface area contributed by atoms with Crippen LogP contribution in [0.15, 0.2) is 79.1 Å². The number of aliphatic carboxylic acids is 1. The number of fused-ring (bicyclic) bond motifs is 1. The Labute approximate surface area is 179 Å². The van der Waals surface area contributed by atoms with Gasteiger partial charge in [-0.15, -0.1) is 0 Å². The van der Waals surface area contributed by atoms with Gasteiger partial charge in [0.15, 0.2) is 0 Å². The Morgan fingerprint density at radius 1 is 1.03 bits per heavy atom. The molecular formula is C23H19N3O4S. The number of hydrogen-bond acceptors (Lipinski definition) is 4. The van der Waals surface area contributed by atoms with E-state index in [9.17, 15) is 18.3 Å². The second-order valence-electron chi connectivity index (χ2n) is 6.90. The van der Waals surface area contributed by atoms with Gasteiger partial charge in [0.05, 0.1) is 22.4 Å². The number of aromatic amines is 1. The first-order valence-corrected chi connectivity index (χ1v) is 11.1. The van der Waals surface area contributed by atoms with Gasteiger partial charge in [-0.25, -0.2) is 18.2 Å². The van der Waals surface area contributed by atoms with Crippen LogP contribution in [0, 0.1) is 0 Å². The van der Waals surface area contributed by atoms with E-state index in [2.05, 4.69) is 14.7 Å². The third-order valence-corrected chi connectivity index (χ3v) is 5.93. The molecule has 4 rings (SSSR count). The molecule has 7 nitrogen and oxygen atoms in total. The van der Waals surface area contributed by atoms with Crippen molar-refractivity contribution < 1.29 is 18.3 Å². The molecule has 156 valence electrons. The zero-order valence-electron chi connectivity index (χ0n) is 16.3. The quantitative estimate of drug-likeness (QED) is 0.379. The molecule has 0 amide bonds. The van der Waals surface area contributed by atoms with E-state index in [1.54, 1.807) is 66.9 Å². The molecule has 2 aromatic heterocycles. The molecule has 0 spiro atoms. The third-order valence-electron chi connectivity index (χ3n) is 4.68. The van der Waals surface area contributed by atoms with E-state index in [0.29, 0.717) is 33.4 Å². The van der Waals surface area contributed by atoms with Crippen LogP contribution in [0.2, 0.25) is 0 Å². The number of carboxylic acid groups (broad SMARTS) is 1. The molecule has 2 aromatic carbocycles. The van der Waals surface area contributed by atoms with E-state index in [1.165, 1.54) is 12.3 Å². The van der Waals surface area contributed by atoms with Crippen LogP contribution in [0.4, 0.5) is 5.69 Å². The van der Waals surface area contributed by atoms with Gasteiger partial charge in [0.2, 0.25) is 10.0 Å². The second kappa shape index (κ2) is 8.45. The maximum atomic E-state index is 12.7. The van der Waals surface area contributed by atoms with Gasteiger partial charge >= 0.3 is 5.97 Å². The van der Waals surface area contributed by atoms with Crippen molar-refractivity contribution in [2.75, 3.05) is 4.72 Å². The van der Waals surface area contributed by atoms with Gasteiger partial charge in [-0.1, -0.05) is 60.7 Å². The predicted octanol–water partition coefficient (Wildman–Crippen LogP) is 4.13. The van der Waals surface area contributed by atoms with Crippen molar-refractivity contribution in [1.82, 2.24) is 9.97 Å². The average molecular weight is 433 g/mol. The van der Waals surface area contributed by atoms with Crippen molar-refractivity contribution in [2.45, 2.75) is 5.75 Å². The van der Waals surface area contributed by atoms with Crippen molar-refractivity contribution in [3.8, 4) is 0 Å². The number of carbonyl (C=O) groups is 1. The van der Waals surface area contributed by atoms with Crippen molar-refractivity contribution in [1.29, 1.82) is 0 Å². The molecule has 0 aliphatic heterocycles. The highest BCUT2D eigenvalue weighted by molar-refractivity contribution is 7.91. The van der Waals surface area contributed by atoms with Crippen LogP contribution in [0.5, 0.6) is 0 Å². The molecule has 31 heavy (non-hydrogen) atoms. The zero-order valence-corrected chi connectivity index (χ0v) is 17.1. The lowest BCUT2D eigenvalue weighted by Crippen LogP contribution is -2.15. The Kier molecular flexibility index (Phi) is 5.55. The van der Waals surface area contributed by atoms with Crippen LogP contribution in [-0.4, -0.2) is 29.5 Å². The van der Waals surface area contributed by atoms with Crippen LogP contribution >= 0.6 is 0 Å². The number of hydrogen-bond donors (Lipinski definition) is 3. The molecule has 3 N–H and O–H groups in total. The van der Waals surface area contributed by atoms with E-state index < -0.39 is 16.0 Å². The summed E-state index contributed by atoms with van der Waals surface area (Å²) in [6.45, 7) is 0. The van der Waals surface area contributed by atoms with Gasteiger partial charge in [0.1, 0.15) is 5.65 Å². The standard InChI is InChI=1S/C23H19N3O4S/c27-23(28)19(17-9-5-2-6-10-17)13-18-14-25-22-21(18)20(11-12-24-22)26-31(29,30)15-16-7-3-1-4-8-16/h1-14H,15H2,(H,27,28)(H2,24,25,26)/b19-13+. The predicted molar refractivity (Wildman–Crippen MR) is 121 cm³/mol. The summed E-state index contributed by atoms with van der Waals surface area (Å²) in [6, 6.07) is 19.1. The van der Waals surface area contributed by atoms with Gasteiger partial charge in [-0.2, -0.15) is 0 Å². The van der Waals surface area contributed by atoms with Crippen molar-refractivity contribution in [3.05, 3.63) is 95.8 Å². The number of nitrogens with one attached hydrogen (secondary N) is 2. The van der Waals surface area contributed by atoms with Gasteiger partial charge < -0.3 is 10.1 Å². The Hall–Kier alpha value is -3.91. The number of nitrogens with zero attached hydrogens (tertiary/aromatic N) is 1. The van der Waals surface area contributed by atoms with Crippen LogP contribution in [0.1, 0.15) is 16.7 Å². The Morgan fingerprint density at radius 3 is 2.39 bits per heavy atom. The summed E-state index contributed by atoms with van der Waals surface area (Å²) in [4.78, 5) is 19.1. The van der Waals surface area contributed by atoms with Crippen molar-refractivity contribution >= 4 is 44.4 Å². The number of H-pyrrole nitrogens is 1. The van der Waals surface area contributed by atoms with E-state index in [-0.39, 0.29) is 11.3 Å². The number of aromatic nitrogens is 2. The second-order valence-corrected chi connectivity index (χ2v) is 8.62. The van der Waals surface area contributed by atoms with E-state index in [4.69, 9.17) is 0 Å². The maximum absolute atomic E-state index is 12.7. The minimum absolute atomic E-state index is 0.0865. The van der Waals surface area contributed by atoms with E-state index in [1.807, 2.05) is 6.07 Å². The Bertz CT molecular complexity index is 1360. The molecule has 0 saturated carbocycles. The topological polar surface area (TPSA) is 112 Å². The van der Waals surface area contributed by atoms with Crippen molar-refractivity contribution in [3.63, 3.8) is 0 Å². The molecule has 0 atom stereocenters. The van der Waals surface area contributed by atoms with E-state index in [0.717, 1.165) is 0 Å². The summed E-state index contributed by atoms with van der Waals surface area (Å²) in [7, 11) is -3.70. The van der Waals surface area contributed by atoms with Crippen LogP contribution in [0.25, 0.3) is 22.7 Å². The lowest BCUT2D eigenvalue weighted by atomic mass is 10.0. The van der Waals surface area contributed by atoms with Crippen LogP contribution < -0.4 is 4.72 Å². The maximum Gasteiger partial charge on any atom is 0.336 e. The summed E-state index contributed by atoms with van der Waals surface area (Å²) in [5.74, 6) is -1.27. The molecule has 0 aliphatic rings. The fourth-order valence-corrected chi connectivity index (χ4v) is 4.53. The fraction of sp³-hybridized carbons (Fsp3) is 0.0435.